The van der Waals surface area contributed by atoms with Gasteiger partial charge >= 0.3 is 0 Å². The van der Waals surface area contributed by atoms with Gasteiger partial charge in [-0.15, -0.1) is 22.7 Å². The number of thiazole rings is 1. The highest BCUT2D eigenvalue weighted by atomic mass is 32.1. The van der Waals surface area contributed by atoms with Gasteiger partial charge in [0.25, 0.3) is 5.91 Å². The Balaban J connectivity index is 1.51. The van der Waals surface area contributed by atoms with Crippen LogP contribution in [-0.4, -0.2) is 17.7 Å². The molecule has 1 aliphatic rings. The van der Waals surface area contributed by atoms with E-state index in [9.17, 15) is 4.79 Å². The van der Waals surface area contributed by atoms with E-state index in [2.05, 4.69) is 5.32 Å². The number of nitrogens with zero attached hydrogens (tertiary/aromatic N) is 1. The van der Waals surface area contributed by atoms with E-state index in [1.54, 1.807) is 29.5 Å². The molecule has 0 unspecified atom stereocenters. The van der Waals surface area contributed by atoms with Crippen molar-refractivity contribution in [2.45, 2.75) is 0 Å². The second-order valence-corrected chi connectivity index (χ2v) is 8.01. The lowest BCUT2D eigenvalue weighted by molar-refractivity contribution is 0.103. The van der Waals surface area contributed by atoms with Crippen LogP contribution in [0.5, 0.6) is 11.5 Å². The largest absolute Gasteiger partial charge is 0.454 e. The van der Waals surface area contributed by atoms with Crippen LogP contribution in [0.1, 0.15) is 9.67 Å². The molecule has 0 saturated heterocycles. The summed E-state index contributed by atoms with van der Waals surface area (Å²) in [4.78, 5) is 19.5. The maximum atomic E-state index is 13.1. The van der Waals surface area contributed by atoms with Gasteiger partial charge in [-0.1, -0.05) is 36.4 Å². The summed E-state index contributed by atoms with van der Waals surface area (Å²) in [5.74, 6) is 1.11. The summed E-state index contributed by atoms with van der Waals surface area (Å²) >= 11 is 3.00. The lowest BCUT2D eigenvalue weighted by atomic mass is 10.1. The van der Waals surface area contributed by atoms with Gasteiger partial charge in [0.15, 0.2) is 11.5 Å². The molecule has 0 fully saturated rings. The fraction of sp³-hybridized carbons (Fsp3) is 0.0476. The van der Waals surface area contributed by atoms with Gasteiger partial charge in [0, 0.05) is 17.3 Å². The van der Waals surface area contributed by atoms with Crippen LogP contribution in [0, 0.1) is 0 Å². The number of hydrogen-bond donors (Lipinski definition) is 1. The zero-order valence-corrected chi connectivity index (χ0v) is 16.2. The molecule has 7 heteroatoms. The average molecular weight is 406 g/mol. The summed E-state index contributed by atoms with van der Waals surface area (Å²) in [6.07, 6.45) is 0. The van der Waals surface area contributed by atoms with Gasteiger partial charge in [-0.25, -0.2) is 4.98 Å². The Hall–Kier alpha value is -3.16. The molecule has 138 valence electrons. The van der Waals surface area contributed by atoms with Crippen LogP contribution < -0.4 is 14.8 Å². The molecule has 0 bridgehead atoms. The Labute approximate surface area is 169 Å². The van der Waals surface area contributed by atoms with Crippen molar-refractivity contribution in [1.29, 1.82) is 0 Å². The van der Waals surface area contributed by atoms with E-state index >= 15 is 0 Å². The molecular weight excluding hydrogens is 392 g/mol. The summed E-state index contributed by atoms with van der Waals surface area (Å²) in [5.41, 5.74) is 2.25. The van der Waals surface area contributed by atoms with Gasteiger partial charge in [-0.2, -0.15) is 0 Å². The van der Waals surface area contributed by atoms with Crippen molar-refractivity contribution in [3.63, 3.8) is 0 Å². The molecule has 2 aromatic carbocycles. The molecule has 1 N–H and O–H groups in total. The maximum Gasteiger partial charge on any atom is 0.268 e. The maximum absolute atomic E-state index is 13.1. The standard InChI is InChI=1S/C21H14N2O3S2/c24-20(22-14-8-9-15-16(11-14)26-12-25-15)19-18(13-5-2-1-3-6-13)23-21(28-19)17-7-4-10-27-17/h1-11H,12H2,(H,22,24). The zero-order chi connectivity index (χ0) is 18.9. The van der Waals surface area contributed by atoms with E-state index in [-0.39, 0.29) is 12.7 Å². The summed E-state index contributed by atoms with van der Waals surface area (Å²) in [6.45, 7) is 0.198. The van der Waals surface area contributed by atoms with Crippen LogP contribution in [0.2, 0.25) is 0 Å². The Morgan fingerprint density at radius 1 is 1.00 bits per heavy atom. The third-order valence-electron chi connectivity index (χ3n) is 4.24. The Kier molecular flexibility index (Phi) is 4.31. The van der Waals surface area contributed by atoms with Crippen LogP contribution in [0.4, 0.5) is 5.69 Å². The van der Waals surface area contributed by atoms with E-state index in [1.807, 2.05) is 47.8 Å². The average Bonchev–Trinajstić information content (AvgIpc) is 3.47. The van der Waals surface area contributed by atoms with Crippen molar-refractivity contribution >= 4 is 34.3 Å². The quantitative estimate of drug-likeness (QED) is 0.485. The Morgan fingerprint density at radius 3 is 2.68 bits per heavy atom. The molecule has 28 heavy (non-hydrogen) atoms. The van der Waals surface area contributed by atoms with Gasteiger partial charge in [-0.3, -0.25) is 4.79 Å². The first-order chi connectivity index (χ1) is 13.8. The van der Waals surface area contributed by atoms with Crippen molar-refractivity contribution in [2.75, 3.05) is 12.1 Å². The SMILES string of the molecule is O=C(Nc1ccc2c(c1)OCO2)c1sc(-c2cccs2)nc1-c1ccccc1. The monoisotopic (exact) mass is 406 g/mol. The lowest BCUT2D eigenvalue weighted by Gasteiger charge is -2.06. The van der Waals surface area contributed by atoms with Crippen LogP contribution in [0.3, 0.4) is 0 Å². The molecule has 0 radical (unpaired) electrons. The molecule has 1 aliphatic heterocycles. The number of ether oxygens (including phenoxy) is 2. The number of nitrogens with one attached hydrogen (secondary N) is 1. The highest BCUT2D eigenvalue weighted by Gasteiger charge is 2.22. The topological polar surface area (TPSA) is 60.5 Å². The molecule has 0 saturated carbocycles. The van der Waals surface area contributed by atoms with Gasteiger partial charge in [0.05, 0.1) is 10.6 Å². The van der Waals surface area contributed by atoms with Crippen molar-refractivity contribution in [1.82, 2.24) is 4.98 Å². The van der Waals surface area contributed by atoms with Crippen molar-refractivity contribution in [3.8, 4) is 32.6 Å². The second-order valence-electron chi connectivity index (χ2n) is 6.06. The molecule has 2 aromatic heterocycles. The number of anilines is 1. The summed E-state index contributed by atoms with van der Waals surface area (Å²) in [7, 11) is 0. The number of fused-ring (bicyclic) bond motifs is 1. The van der Waals surface area contributed by atoms with Crippen LogP contribution in [0.15, 0.2) is 66.0 Å². The minimum absolute atomic E-state index is 0.196. The fourth-order valence-electron chi connectivity index (χ4n) is 2.93. The molecule has 1 amide bonds. The van der Waals surface area contributed by atoms with Gasteiger partial charge in [0.1, 0.15) is 9.88 Å². The minimum Gasteiger partial charge on any atom is -0.454 e. The highest BCUT2D eigenvalue weighted by molar-refractivity contribution is 7.22. The highest BCUT2D eigenvalue weighted by Crippen LogP contribution is 2.37. The van der Waals surface area contributed by atoms with Gasteiger partial charge in [-0.05, 0) is 23.6 Å². The van der Waals surface area contributed by atoms with Gasteiger partial charge < -0.3 is 14.8 Å². The Bertz CT molecular complexity index is 1140. The predicted molar refractivity (Wildman–Crippen MR) is 111 cm³/mol. The first-order valence-electron chi connectivity index (χ1n) is 8.59. The number of aromatic nitrogens is 1. The molecule has 5 nitrogen and oxygen atoms in total. The number of carbonyl (C=O) groups is 1. The number of hydrogen-bond acceptors (Lipinski definition) is 6. The molecule has 5 rings (SSSR count). The van der Waals surface area contributed by atoms with E-state index in [4.69, 9.17) is 14.5 Å². The smallest absolute Gasteiger partial charge is 0.268 e. The summed E-state index contributed by atoms with van der Waals surface area (Å²) in [6, 6.07) is 19.1. The van der Waals surface area contributed by atoms with Crippen LogP contribution in [-0.2, 0) is 0 Å². The van der Waals surface area contributed by atoms with E-state index in [0.29, 0.717) is 27.8 Å². The van der Waals surface area contributed by atoms with Gasteiger partial charge in [0.2, 0.25) is 6.79 Å². The van der Waals surface area contributed by atoms with Crippen LogP contribution >= 0.6 is 22.7 Å². The molecule has 0 spiro atoms. The summed E-state index contributed by atoms with van der Waals surface area (Å²) in [5, 5.41) is 5.80. The fourth-order valence-corrected chi connectivity index (χ4v) is 4.71. The van der Waals surface area contributed by atoms with Crippen molar-refractivity contribution in [3.05, 3.63) is 70.9 Å². The van der Waals surface area contributed by atoms with Crippen molar-refractivity contribution < 1.29 is 14.3 Å². The number of amides is 1. The first-order valence-corrected chi connectivity index (χ1v) is 10.3. The molecular formula is C21H14N2O3S2. The zero-order valence-electron chi connectivity index (χ0n) is 14.5. The molecule has 0 aliphatic carbocycles. The number of carbonyl (C=O) groups excluding carboxylic acids is 1. The van der Waals surface area contributed by atoms with E-state index in [0.717, 1.165) is 15.4 Å². The summed E-state index contributed by atoms with van der Waals surface area (Å²) < 4.78 is 10.7. The van der Waals surface area contributed by atoms with E-state index in [1.165, 1.54) is 11.3 Å². The second kappa shape index (κ2) is 7.10. The Morgan fingerprint density at radius 2 is 1.86 bits per heavy atom. The first kappa shape index (κ1) is 17.0. The number of benzene rings is 2. The third kappa shape index (κ3) is 3.15. The van der Waals surface area contributed by atoms with Crippen LogP contribution in [0.25, 0.3) is 21.1 Å². The number of rotatable bonds is 4. The van der Waals surface area contributed by atoms with E-state index < -0.39 is 0 Å². The molecule has 4 aromatic rings. The molecule has 3 heterocycles. The third-order valence-corrected chi connectivity index (χ3v) is 6.34. The lowest BCUT2D eigenvalue weighted by Crippen LogP contribution is -2.11. The molecule has 0 atom stereocenters. The van der Waals surface area contributed by atoms with Crippen molar-refractivity contribution in [2.24, 2.45) is 0 Å². The minimum atomic E-state index is -0.196. The number of thiophene rings is 1. The normalized spacial score (nSPS) is 12.1. The predicted octanol–water partition coefficient (Wildman–Crippen LogP) is 5.52.